The average Bonchev–Trinajstić information content (AvgIpc) is 2.36. The Labute approximate surface area is 119 Å². The van der Waals surface area contributed by atoms with Gasteiger partial charge in [-0.25, -0.2) is 4.79 Å². The molecule has 0 unspecified atom stereocenters. The Morgan fingerprint density at radius 2 is 1.81 bits per heavy atom. The summed E-state index contributed by atoms with van der Waals surface area (Å²) in [7, 11) is -4.35. The van der Waals surface area contributed by atoms with E-state index in [1.54, 1.807) is 6.92 Å². The van der Waals surface area contributed by atoms with Crippen molar-refractivity contribution in [1.82, 2.24) is 4.72 Å². The lowest BCUT2D eigenvalue weighted by Crippen LogP contribution is -2.37. The predicted molar refractivity (Wildman–Crippen MR) is 69.0 cm³/mol. The second-order valence-electron chi connectivity index (χ2n) is 3.84. The van der Waals surface area contributed by atoms with E-state index in [-0.39, 0.29) is 17.9 Å². The van der Waals surface area contributed by atoms with Gasteiger partial charge in [-0.15, -0.1) is 0 Å². The van der Waals surface area contributed by atoms with E-state index < -0.39 is 28.9 Å². The third-order valence-electron chi connectivity index (χ3n) is 2.11. The van der Waals surface area contributed by atoms with Gasteiger partial charge in [0.25, 0.3) is 10.2 Å². The Balaban J connectivity index is 2.69. The largest absolute Gasteiger partial charge is 0.462 e. The summed E-state index contributed by atoms with van der Waals surface area (Å²) < 4.78 is 66.5. The molecule has 21 heavy (non-hydrogen) atoms. The van der Waals surface area contributed by atoms with Gasteiger partial charge >= 0.3 is 12.1 Å². The lowest BCUT2D eigenvalue weighted by molar-refractivity contribution is -0.121. The van der Waals surface area contributed by atoms with Crippen LogP contribution in [0.1, 0.15) is 17.3 Å². The Morgan fingerprint density at radius 3 is 2.29 bits per heavy atom. The van der Waals surface area contributed by atoms with Crippen molar-refractivity contribution in [3.05, 3.63) is 29.8 Å². The number of benzene rings is 1. The van der Waals surface area contributed by atoms with Crippen molar-refractivity contribution in [1.29, 1.82) is 0 Å². The number of carbonyl (C=O) groups excluding carboxylic acids is 1. The number of nitrogens with one attached hydrogen (secondary N) is 2. The highest BCUT2D eigenvalue weighted by Gasteiger charge is 2.29. The maximum Gasteiger partial charge on any atom is 0.402 e. The molecule has 0 aromatic heterocycles. The van der Waals surface area contributed by atoms with E-state index in [0.717, 1.165) is 0 Å². The van der Waals surface area contributed by atoms with Crippen molar-refractivity contribution in [3.8, 4) is 0 Å². The molecule has 0 saturated carbocycles. The molecule has 0 amide bonds. The molecule has 0 aliphatic rings. The summed E-state index contributed by atoms with van der Waals surface area (Å²) in [5.74, 6) is -0.581. The minimum Gasteiger partial charge on any atom is -0.462 e. The second-order valence-corrected chi connectivity index (χ2v) is 5.34. The molecule has 0 heterocycles. The predicted octanol–water partition coefficient (Wildman–Crippen LogP) is 1.67. The molecule has 0 radical (unpaired) electrons. The van der Waals surface area contributed by atoms with E-state index in [4.69, 9.17) is 4.74 Å². The van der Waals surface area contributed by atoms with Crippen LogP contribution in [-0.2, 0) is 14.9 Å². The molecule has 0 aliphatic heterocycles. The highest BCUT2D eigenvalue weighted by Crippen LogP contribution is 2.14. The third-order valence-corrected chi connectivity index (χ3v) is 3.14. The molecule has 1 aromatic rings. The van der Waals surface area contributed by atoms with Crippen LogP contribution in [0, 0.1) is 0 Å². The zero-order valence-electron chi connectivity index (χ0n) is 10.9. The number of ether oxygens (including phenoxy) is 1. The molecule has 6 nitrogen and oxygen atoms in total. The number of anilines is 1. The maximum absolute atomic E-state index is 11.9. The molecule has 2 N–H and O–H groups in total. The van der Waals surface area contributed by atoms with Crippen LogP contribution in [0.15, 0.2) is 24.3 Å². The number of halogens is 3. The maximum atomic E-state index is 11.9. The van der Waals surface area contributed by atoms with Crippen LogP contribution < -0.4 is 9.44 Å². The Hall–Kier alpha value is -1.81. The van der Waals surface area contributed by atoms with Gasteiger partial charge in [-0.1, -0.05) is 0 Å². The van der Waals surface area contributed by atoms with Gasteiger partial charge in [0.1, 0.15) is 6.54 Å². The van der Waals surface area contributed by atoms with E-state index in [0.29, 0.717) is 0 Å². The van der Waals surface area contributed by atoms with Crippen LogP contribution >= 0.6 is 0 Å². The molecular weight excluding hydrogens is 313 g/mol. The molecular formula is C11H13F3N2O4S. The van der Waals surface area contributed by atoms with Crippen LogP contribution in [0.4, 0.5) is 18.9 Å². The van der Waals surface area contributed by atoms with Crippen LogP contribution in [-0.4, -0.2) is 33.7 Å². The number of hydrogen-bond acceptors (Lipinski definition) is 4. The number of carbonyl (C=O) groups is 1. The summed E-state index contributed by atoms with van der Waals surface area (Å²) in [4.78, 5) is 11.4. The number of esters is 1. The van der Waals surface area contributed by atoms with Crippen molar-refractivity contribution < 1.29 is 31.1 Å². The first kappa shape index (κ1) is 17.2. The first-order chi connectivity index (χ1) is 9.63. The minimum atomic E-state index is -4.65. The number of hydrogen-bond donors (Lipinski definition) is 2. The fourth-order valence-electron chi connectivity index (χ4n) is 1.26. The van der Waals surface area contributed by atoms with Gasteiger partial charge in [-0.05, 0) is 31.2 Å². The smallest absolute Gasteiger partial charge is 0.402 e. The highest BCUT2D eigenvalue weighted by molar-refractivity contribution is 7.90. The van der Waals surface area contributed by atoms with Gasteiger partial charge in [0.05, 0.1) is 12.2 Å². The SMILES string of the molecule is CCOC(=O)c1ccc(NS(=O)(=O)NCC(F)(F)F)cc1. The van der Waals surface area contributed by atoms with Gasteiger partial charge in [0.2, 0.25) is 0 Å². The van der Waals surface area contributed by atoms with E-state index >= 15 is 0 Å². The third kappa shape index (κ3) is 6.45. The second kappa shape index (κ2) is 6.76. The lowest BCUT2D eigenvalue weighted by atomic mass is 10.2. The van der Waals surface area contributed by atoms with Gasteiger partial charge in [0.15, 0.2) is 0 Å². The quantitative estimate of drug-likeness (QED) is 0.779. The average molecular weight is 326 g/mol. The summed E-state index contributed by atoms with van der Waals surface area (Å²) in [5, 5.41) is 0. The van der Waals surface area contributed by atoms with Gasteiger partial charge in [0, 0.05) is 5.69 Å². The first-order valence-corrected chi connectivity index (χ1v) is 7.22. The summed E-state index contributed by atoms with van der Waals surface area (Å²) in [6.07, 6.45) is -4.65. The van der Waals surface area contributed by atoms with Gasteiger partial charge in [-0.2, -0.15) is 26.3 Å². The Kier molecular flexibility index (Phi) is 5.55. The molecule has 0 aliphatic carbocycles. The van der Waals surface area contributed by atoms with Gasteiger partial charge < -0.3 is 4.74 Å². The number of alkyl halides is 3. The zero-order valence-corrected chi connectivity index (χ0v) is 11.7. The van der Waals surface area contributed by atoms with E-state index in [2.05, 4.69) is 0 Å². The molecule has 0 saturated heterocycles. The van der Waals surface area contributed by atoms with Crippen molar-refractivity contribution in [3.63, 3.8) is 0 Å². The van der Waals surface area contributed by atoms with Crippen molar-refractivity contribution in [2.45, 2.75) is 13.1 Å². The fraction of sp³-hybridized carbons (Fsp3) is 0.364. The Bertz CT molecular complexity index is 584. The zero-order chi connectivity index (χ0) is 16.1. The molecule has 0 fully saturated rings. The number of rotatable bonds is 6. The fourth-order valence-corrected chi connectivity index (χ4v) is 2.13. The normalized spacial score (nSPS) is 12.0. The summed E-state index contributed by atoms with van der Waals surface area (Å²) >= 11 is 0. The minimum absolute atomic E-state index is 0.0118. The van der Waals surface area contributed by atoms with Crippen molar-refractivity contribution >= 4 is 21.9 Å². The van der Waals surface area contributed by atoms with Crippen LogP contribution in [0.25, 0.3) is 0 Å². The summed E-state index contributed by atoms with van der Waals surface area (Å²) in [5.41, 5.74) is 0.209. The molecule has 118 valence electrons. The van der Waals surface area contributed by atoms with Crippen LogP contribution in [0.3, 0.4) is 0 Å². The van der Waals surface area contributed by atoms with Crippen LogP contribution in [0.5, 0.6) is 0 Å². The van der Waals surface area contributed by atoms with Crippen molar-refractivity contribution in [2.24, 2.45) is 0 Å². The highest BCUT2D eigenvalue weighted by atomic mass is 32.2. The van der Waals surface area contributed by atoms with Crippen LogP contribution in [0.2, 0.25) is 0 Å². The molecule has 0 spiro atoms. The Morgan fingerprint density at radius 1 is 1.24 bits per heavy atom. The van der Waals surface area contributed by atoms with E-state index in [1.165, 1.54) is 29.0 Å². The summed E-state index contributed by atoms with van der Waals surface area (Å²) in [6, 6.07) is 5.05. The first-order valence-electron chi connectivity index (χ1n) is 5.74. The standard InChI is InChI=1S/C11H13F3N2O4S/c1-2-20-10(17)8-3-5-9(6-4-8)16-21(18,19)15-7-11(12,13)14/h3-6,15-16H,2,7H2,1H3. The lowest BCUT2D eigenvalue weighted by Gasteiger charge is -2.11. The summed E-state index contributed by atoms with van der Waals surface area (Å²) in [6.45, 7) is 0.143. The molecule has 0 bridgehead atoms. The molecule has 0 atom stereocenters. The van der Waals surface area contributed by atoms with E-state index in [1.807, 2.05) is 4.72 Å². The monoisotopic (exact) mass is 326 g/mol. The van der Waals surface area contributed by atoms with Crippen molar-refractivity contribution in [2.75, 3.05) is 17.9 Å². The van der Waals surface area contributed by atoms with Gasteiger partial charge in [-0.3, -0.25) is 4.72 Å². The molecule has 10 heteroatoms. The topological polar surface area (TPSA) is 84.5 Å². The van der Waals surface area contributed by atoms with E-state index in [9.17, 15) is 26.4 Å². The molecule has 1 rings (SSSR count). The molecule has 1 aromatic carbocycles.